The summed E-state index contributed by atoms with van der Waals surface area (Å²) < 4.78 is 48.8. The Hall–Kier alpha value is -2.27. The van der Waals surface area contributed by atoms with E-state index < -0.39 is 20.0 Å². The summed E-state index contributed by atoms with van der Waals surface area (Å²) in [6, 6.07) is 12.2. The van der Waals surface area contributed by atoms with E-state index in [9.17, 15) is 21.6 Å². The van der Waals surface area contributed by atoms with E-state index in [0.29, 0.717) is 18.7 Å². The lowest BCUT2D eigenvalue weighted by Crippen LogP contribution is -2.30. The summed E-state index contributed by atoms with van der Waals surface area (Å²) in [7, 11) is -7.27. The average Bonchev–Trinajstić information content (AvgIpc) is 2.67. The zero-order valence-electron chi connectivity index (χ0n) is 16.3. The van der Waals surface area contributed by atoms with E-state index in [1.807, 2.05) is 0 Å². The predicted molar refractivity (Wildman–Crippen MR) is 110 cm³/mol. The number of nitrogens with one attached hydrogen (secondary N) is 1. The van der Waals surface area contributed by atoms with Crippen LogP contribution in [0, 0.1) is 0 Å². The maximum Gasteiger partial charge on any atom is 0.243 e. The van der Waals surface area contributed by atoms with Gasteiger partial charge < -0.3 is 5.32 Å². The molecular weight excluding hydrogens is 414 g/mol. The fourth-order valence-electron chi connectivity index (χ4n) is 2.74. The lowest BCUT2D eigenvalue weighted by molar-refractivity contribution is -0.120. The number of hydrogen-bond donors (Lipinski definition) is 2. The molecule has 8 nitrogen and oxygen atoms in total. The van der Waals surface area contributed by atoms with E-state index in [0.717, 1.165) is 5.56 Å². The number of nitrogens with two attached hydrogens (primary N) is 1. The van der Waals surface area contributed by atoms with Crippen molar-refractivity contribution in [3.63, 3.8) is 0 Å². The minimum Gasteiger partial charge on any atom is -0.352 e. The van der Waals surface area contributed by atoms with Gasteiger partial charge in [0.25, 0.3) is 0 Å². The van der Waals surface area contributed by atoms with Crippen LogP contribution in [0.15, 0.2) is 58.3 Å². The largest absolute Gasteiger partial charge is 0.352 e. The quantitative estimate of drug-likeness (QED) is 0.607. The van der Waals surface area contributed by atoms with Gasteiger partial charge in [0.05, 0.1) is 16.2 Å². The number of benzene rings is 2. The molecule has 2 rings (SSSR count). The maximum atomic E-state index is 12.5. The van der Waals surface area contributed by atoms with Gasteiger partial charge in [0.15, 0.2) is 0 Å². The third kappa shape index (κ3) is 6.10. The number of rotatable bonds is 9. The van der Waals surface area contributed by atoms with Crippen molar-refractivity contribution in [2.45, 2.75) is 36.6 Å². The number of nitrogens with zero attached hydrogens (tertiary/aromatic N) is 1. The van der Waals surface area contributed by atoms with Crippen LogP contribution in [0.4, 0.5) is 0 Å². The van der Waals surface area contributed by atoms with E-state index in [4.69, 9.17) is 5.14 Å². The molecule has 0 atom stereocenters. The highest BCUT2D eigenvalue weighted by Crippen LogP contribution is 2.16. The molecule has 0 saturated heterocycles. The van der Waals surface area contributed by atoms with Gasteiger partial charge in [0, 0.05) is 19.6 Å². The highest BCUT2D eigenvalue weighted by atomic mass is 32.2. The van der Waals surface area contributed by atoms with Gasteiger partial charge in [-0.15, -0.1) is 0 Å². The number of primary sulfonamides is 1. The Morgan fingerprint density at radius 3 is 1.83 bits per heavy atom. The van der Waals surface area contributed by atoms with Gasteiger partial charge in [-0.3, -0.25) is 4.79 Å². The van der Waals surface area contributed by atoms with Crippen LogP contribution in [0.1, 0.15) is 25.0 Å². The van der Waals surface area contributed by atoms with Crippen molar-refractivity contribution in [2.75, 3.05) is 13.1 Å². The molecule has 0 aromatic heterocycles. The summed E-state index contributed by atoms with van der Waals surface area (Å²) in [4.78, 5) is 12.3. The van der Waals surface area contributed by atoms with Gasteiger partial charge in [-0.1, -0.05) is 38.1 Å². The summed E-state index contributed by atoms with van der Waals surface area (Å²) in [5, 5.41) is 7.80. The SMILES string of the molecule is CCN(CC)S(=O)(=O)c1ccc(CNC(=O)Cc2ccc(S(N)(=O)=O)cc2)cc1. The van der Waals surface area contributed by atoms with Crippen molar-refractivity contribution in [2.24, 2.45) is 5.14 Å². The van der Waals surface area contributed by atoms with Crippen molar-refractivity contribution in [1.29, 1.82) is 0 Å². The van der Waals surface area contributed by atoms with E-state index in [2.05, 4.69) is 5.32 Å². The van der Waals surface area contributed by atoms with Crippen molar-refractivity contribution >= 4 is 26.0 Å². The first-order valence-corrected chi connectivity index (χ1v) is 12.0. The summed E-state index contributed by atoms with van der Waals surface area (Å²) in [6.45, 7) is 4.62. The second-order valence-corrected chi connectivity index (χ2v) is 9.88. The smallest absolute Gasteiger partial charge is 0.243 e. The Morgan fingerprint density at radius 2 is 1.34 bits per heavy atom. The molecule has 0 aliphatic rings. The number of carbonyl (C=O) groups excluding carboxylic acids is 1. The molecule has 0 unspecified atom stereocenters. The average molecular weight is 440 g/mol. The molecule has 0 aliphatic heterocycles. The van der Waals surface area contributed by atoms with Gasteiger partial charge in [0.2, 0.25) is 26.0 Å². The number of carbonyl (C=O) groups is 1. The molecule has 0 fully saturated rings. The van der Waals surface area contributed by atoms with Gasteiger partial charge in [0.1, 0.15) is 0 Å². The second kappa shape index (κ2) is 9.49. The molecule has 0 bridgehead atoms. The molecule has 2 aromatic rings. The van der Waals surface area contributed by atoms with E-state index in [1.165, 1.54) is 40.7 Å². The summed E-state index contributed by atoms with van der Waals surface area (Å²) in [5.74, 6) is -0.242. The van der Waals surface area contributed by atoms with Gasteiger partial charge in [-0.25, -0.2) is 22.0 Å². The predicted octanol–water partition coefficient (Wildman–Crippen LogP) is 1.22. The van der Waals surface area contributed by atoms with Crippen molar-refractivity contribution in [1.82, 2.24) is 9.62 Å². The second-order valence-electron chi connectivity index (χ2n) is 6.38. The molecule has 0 radical (unpaired) electrons. The molecule has 10 heteroatoms. The van der Waals surface area contributed by atoms with Crippen LogP contribution in [-0.4, -0.2) is 40.1 Å². The molecule has 0 aliphatic carbocycles. The molecule has 2 aromatic carbocycles. The first kappa shape index (κ1) is 23.0. The van der Waals surface area contributed by atoms with E-state index in [1.54, 1.807) is 26.0 Å². The highest BCUT2D eigenvalue weighted by Gasteiger charge is 2.21. The molecule has 0 heterocycles. The highest BCUT2D eigenvalue weighted by molar-refractivity contribution is 7.89. The van der Waals surface area contributed by atoms with Crippen LogP contribution in [0.2, 0.25) is 0 Å². The Labute approximate surface area is 171 Å². The Morgan fingerprint density at radius 1 is 0.862 bits per heavy atom. The lowest BCUT2D eigenvalue weighted by Gasteiger charge is -2.18. The minimum atomic E-state index is -3.76. The zero-order chi connectivity index (χ0) is 21.7. The van der Waals surface area contributed by atoms with E-state index >= 15 is 0 Å². The standard InChI is InChI=1S/C19H25N3O5S2/c1-3-22(4-2)29(26,27)18-11-7-16(8-12-18)14-21-19(23)13-15-5-9-17(10-6-15)28(20,24)25/h5-12H,3-4,13-14H2,1-2H3,(H,21,23)(H2,20,24,25). The van der Waals surface area contributed by atoms with E-state index in [-0.39, 0.29) is 28.7 Å². The number of amides is 1. The fraction of sp³-hybridized carbons (Fsp3) is 0.316. The van der Waals surface area contributed by atoms with Crippen LogP contribution in [0.25, 0.3) is 0 Å². The summed E-state index contributed by atoms with van der Waals surface area (Å²) in [5.41, 5.74) is 1.41. The van der Waals surface area contributed by atoms with Crippen LogP contribution in [0.3, 0.4) is 0 Å². The van der Waals surface area contributed by atoms with Crippen molar-refractivity contribution < 1.29 is 21.6 Å². The topological polar surface area (TPSA) is 127 Å². The molecule has 29 heavy (non-hydrogen) atoms. The third-order valence-corrected chi connectivity index (χ3v) is 7.37. The van der Waals surface area contributed by atoms with Crippen LogP contribution in [-0.2, 0) is 37.8 Å². The van der Waals surface area contributed by atoms with Crippen LogP contribution in [0.5, 0.6) is 0 Å². The Kier molecular flexibility index (Phi) is 7.53. The molecule has 1 amide bonds. The lowest BCUT2D eigenvalue weighted by atomic mass is 10.1. The van der Waals surface area contributed by atoms with Gasteiger partial charge >= 0.3 is 0 Å². The minimum absolute atomic E-state index is 0.0126. The number of hydrogen-bond acceptors (Lipinski definition) is 5. The van der Waals surface area contributed by atoms with Crippen molar-refractivity contribution in [3.8, 4) is 0 Å². The maximum absolute atomic E-state index is 12.5. The normalized spacial score (nSPS) is 12.1. The Bertz CT molecular complexity index is 1040. The van der Waals surface area contributed by atoms with Gasteiger partial charge in [-0.05, 0) is 35.4 Å². The third-order valence-electron chi connectivity index (χ3n) is 4.37. The Balaban J connectivity index is 1.95. The molecule has 158 valence electrons. The van der Waals surface area contributed by atoms with Crippen LogP contribution < -0.4 is 10.5 Å². The number of sulfonamides is 2. The van der Waals surface area contributed by atoms with Gasteiger partial charge in [-0.2, -0.15) is 4.31 Å². The molecule has 0 saturated carbocycles. The molecule has 3 N–H and O–H groups in total. The molecular formula is C19H25N3O5S2. The van der Waals surface area contributed by atoms with Crippen LogP contribution >= 0.6 is 0 Å². The fourth-order valence-corrected chi connectivity index (χ4v) is 4.71. The summed E-state index contributed by atoms with van der Waals surface area (Å²) >= 11 is 0. The first-order valence-electron chi connectivity index (χ1n) is 9.05. The first-order chi connectivity index (χ1) is 13.6. The van der Waals surface area contributed by atoms with Crippen molar-refractivity contribution in [3.05, 3.63) is 59.7 Å². The monoisotopic (exact) mass is 439 g/mol. The zero-order valence-corrected chi connectivity index (χ0v) is 18.0. The molecule has 0 spiro atoms. The summed E-state index contributed by atoms with van der Waals surface area (Å²) in [6.07, 6.45) is 0.0827.